The number of aromatic nitrogens is 3. The van der Waals surface area contributed by atoms with Crippen molar-refractivity contribution in [2.45, 2.75) is 103 Å². The summed E-state index contributed by atoms with van der Waals surface area (Å²) >= 11 is 0. The maximum absolute atomic E-state index is 15.1. The van der Waals surface area contributed by atoms with Crippen LogP contribution < -0.4 is 5.32 Å². The van der Waals surface area contributed by atoms with Gasteiger partial charge in [0.25, 0.3) is 5.92 Å². The summed E-state index contributed by atoms with van der Waals surface area (Å²) in [5.41, 5.74) is -0.296. The van der Waals surface area contributed by atoms with Gasteiger partial charge in [0.2, 0.25) is 5.91 Å². The number of halogens is 2. The van der Waals surface area contributed by atoms with Crippen LogP contribution >= 0.6 is 0 Å². The number of carbonyl (C=O) groups excluding carboxylic acids is 2. The molecule has 0 bridgehead atoms. The molecule has 2 aromatic rings. The number of aliphatic hydroxyl groups is 1. The highest BCUT2D eigenvalue weighted by molar-refractivity contribution is 5.99. The van der Waals surface area contributed by atoms with E-state index in [0.717, 1.165) is 0 Å². The van der Waals surface area contributed by atoms with E-state index < -0.39 is 60.7 Å². The Morgan fingerprint density at radius 1 is 1.11 bits per heavy atom. The van der Waals surface area contributed by atoms with Crippen molar-refractivity contribution >= 4 is 28.7 Å². The van der Waals surface area contributed by atoms with E-state index in [9.17, 15) is 14.7 Å². The molecular formula is C32H48F2N6O6. The third kappa shape index (κ3) is 7.05. The van der Waals surface area contributed by atoms with E-state index in [0.29, 0.717) is 42.8 Å². The van der Waals surface area contributed by atoms with Crippen molar-refractivity contribution < 1.29 is 37.7 Å². The molecule has 5 rings (SSSR count). The molecule has 5 atom stereocenters. The van der Waals surface area contributed by atoms with Crippen molar-refractivity contribution in [1.29, 1.82) is 0 Å². The molecule has 5 heterocycles. The van der Waals surface area contributed by atoms with E-state index in [-0.39, 0.29) is 30.7 Å². The molecule has 0 saturated carbocycles. The summed E-state index contributed by atoms with van der Waals surface area (Å²) in [6.07, 6.45) is -1.12. The number of piperidine rings is 1. The van der Waals surface area contributed by atoms with Crippen molar-refractivity contribution in [1.82, 2.24) is 24.3 Å². The zero-order valence-corrected chi connectivity index (χ0v) is 27.8. The fourth-order valence-electron chi connectivity index (χ4n) is 6.59. The minimum atomic E-state index is -2.87. The molecule has 0 aliphatic carbocycles. The number of fused-ring (bicyclic) bond motifs is 1. The Morgan fingerprint density at radius 2 is 1.80 bits per heavy atom. The Balaban J connectivity index is 1.54. The van der Waals surface area contributed by atoms with Crippen LogP contribution in [-0.4, -0.2) is 111 Å². The number of alkyl halides is 2. The van der Waals surface area contributed by atoms with Gasteiger partial charge < -0.3 is 34.1 Å². The van der Waals surface area contributed by atoms with Crippen LogP contribution in [0.5, 0.6) is 0 Å². The largest absolute Gasteiger partial charge is 0.456 e. The quantitative estimate of drug-likeness (QED) is 0.290. The van der Waals surface area contributed by atoms with Crippen LogP contribution in [0.3, 0.4) is 0 Å². The molecule has 14 heteroatoms. The summed E-state index contributed by atoms with van der Waals surface area (Å²) in [6, 6.07) is 1.74. The van der Waals surface area contributed by atoms with Crippen LogP contribution in [-0.2, 0) is 23.8 Å². The van der Waals surface area contributed by atoms with Gasteiger partial charge >= 0.3 is 5.97 Å². The lowest BCUT2D eigenvalue weighted by molar-refractivity contribution is -0.202. The number of likely N-dealkylation sites (tertiary alicyclic amines) is 2. The summed E-state index contributed by atoms with van der Waals surface area (Å²) in [6.45, 7) is 11.6. The van der Waals surface area contributed by atoms with Gasteiger partial charge in [0.1, 0.15) is 30.0 Å². The Labute approximate surface area is 268 Å². The molecule has 3 aliphatic rings. The normalized spacial score (nSPS) is 27.3. The van der Waals surface area contributed by atoms with Gasteiger partial charge in [0.05, 0.1) is 17.8 Å². The van der Waals surface area contributed by atoms with E-state index >= 15 is 8.78 Å². The first-order chi connectivity index (χ1) is 21.6. The minimum Gasteiger partial charge on any atom is -0.456 e. The number of esters is 1. The molecule has 46 heavy (non-hydrogen) atoms. The van der Waals surface area contributed by atoms with E-state index in [1.165, 1.54) is 6.33 Å². The molecule has 12 nitrogen and oxygen atoms in total. The molecule has 0 aromatic carbocycles. The number of aliphatic hydroxyl groups excluding tert-OH is 1. The molecule has 3 fully saturated rings. The third-order valence-corrected chi connectivity index (χ3v) is 9.42. The molecule has 256 valence electrons. The molecule has 0 radical (unpaired) electrons. The fourth-order valence-corrected chi connectivity index (χ4v) is 6.59. The zero-order chi connectivity index (χ0) is 33.6. The first kappa shape index (κ1) is 34.6. The predicted molar refractivity (Wildman–Crippen MR) is 166 cm³/mol. The van der Waals surface area contributed by atoms with Gasteiger partial charge in [0.15, 0.2) is 18.6 Å². The van der Waals surface area contributed by atoms with Gasteiger partial charge in [-0.05, 0) is 39.0 Å². The van der Waals surface area contributed by atoms with Gasteiger partial charge in [0, 0.05) is 36.5 Å². The number of hydrogen-bond donors (Lipinski definition) is 2. The van der Waals surface area contributed by atoms with Gasteiger partial charge in [-0.15, -0.1) is 0 Å². The lowest BCUT2D eigenvalue weighted by atomic mass is 9.84. The number of rotatable bonds is 10. The van der Waals surface area contributed by atoms with E-state index in [1.54, 1.807) is 58.4 Å². The second-order valence-corrected chi connectivity index (χ2v) is 14.1. The minimum absolute atomic E-state index is 0.0767. The molecule has 1 unspecified atom stereocenters. The summed E-state index contributed by atoms with van der Waals surface area (Å²) in [4.78, 5) is 38.3. The highest BCUT2D eigenvalue weighted by Gasteiger charge is 2.58. The van der Waals surface area contributed by atoms with Crippen LogP contribution in [0, 0.1) is 17.8 Å². The van der Waals surface area contributed by atoms with Crippen molar-refractivity contribution in [3.63, 3.8) is 0 Å². The lowest BCUT2D eigenvalue weighted by Gasteiger charge is -2.44. The number of hydrogen-bond acceptors (Lipinski definition) is 10. The Kier molecular flexibility index (Phi) is 10.1. The topological polar surface area (TPSA) is 131 Å². The molecule has 2 N–H and O–H groups in total. The maximum atomic E-state index is 15.1. The first-order valence-corrected chi connectivity index (χ1v) is 16.2. The molecular weight excluding hydrogens is 602 g/mol. The van der Waals surface area contributed by atoms with Gasteiger partial charge in [-0.1, -0.05) is 41.5 Å². The number of ether oxygens (including phenoxy) is 3. The zero-order valence-electron chi connectivity index (χ0n) is 27.8. The summed E-state index contributed by atoms with van der Waals surface area (Å²) in [5.74, 6) is -4.30. The Hall–Kier alpha value is -2.78. The third-order valence-electron chi connectivity index (χ3n) is 9.42. The number of anilines is 1. The number of carbonyl (C=O) groups is 2. The fraction of sp³-hybridized carbons (Fsp3) is 0.750. The predicted octanol–water partition coefficient (Wildman–Crippen LogP) is 3.66. The highest BCUT2D eigenvalue weighted by Crippen LogP contribution is 2.47. The molecule has 1 spiro atoms. The summed E-state index contributed by atoms with van der Waals surface area (Å²) in [7, 11) is 1.99. The van der Waals surface area contributed by atoms with E-state index in [4.69, 9.17) is 14.2 Å². The lowest BCUT2D eigenvalue weighted by Crippen LogP contribution is -2.54. The van der Waals surface area contributed by atoms with E-state index in [2.05, 4.69) is 20.2 Å². The molecule has 3 saturated heterocycles. The van der Waals surface area contributed by atoms with Crippen LogP contribution in [0.4, 0.5) is 14.6 Å². The average molecular weight is 651 g/mol. The van der Waals surface area contributed by atoms with Crippen molar-refractivity contribution in [3.05, 3.63) is 18.6 Å². The van der Waals surface area contributed by atoms with Gasteiger partial charge in [-0.25, -0.2) is 18.7 Å². The second-order valence-electron chi connectivity index (χ2n) is 14.1. The number of amides is 1. The molecule has 3 aliphatic heterocycles. The second kappa shape index (κ2) is 13.4. The Morgan fingerprint density at radius 3 is 2.43 bits per heavy atom. The SMILES string of the molecule is CC(C)C(=O)Nc1ncnc2c1ccn2[C@@H]1O[C@H](CN2CC(F)(F)CC23CCN(C)CC3)[C@@H](OC(=O)C(C)C)[C@H]1OC(O)C(C)C. The molecule has 2 aromatic heterocycles. The maximum Gasteiger partial charge on any atom is 0.308 e. The van der Waals surface area contributed by atoms with Crippen molar-refractivity contribution in [2.75, 3.05) is 38.5 Å². The standard InChI is InChI=1S/C32H48F2N6O6/c1-18(2)27(41)37-25-21-8-11-40(26(21)36-17-35-25)28-24(46-30(43)20(5)6)23(45-29(42)19(3)4)22(44-28)14-39-16-32(33,34)15-31(39)9-12-38(7)13-10-31/h8,11,17-20,22-24,28,30,43H,9-10,12-16H2,1-7H3,(H,35,36,37,41)/t22-,23-,24-,28-,30?/m1/s1. The highest BCUT2D eigenvalue weighted by atomic mass is 19.3. The number of nitrogens with zero attached hydrogens (tertiary/aromatic N) is 5. The van der Waals surface area contributed by atoms with Crippen molar-refractivity contribution in [3.8, 4) is 0 Å². The monoisotopic (exact) mass is 650 g/mol. The van der Waals surface area contributed by atoms with E-state index in [1.807, 2.05) is 11.9 Å². The Bertz CT molecular complexity index is 1390. The average Bonchev–Trinajstić information content (AvgIpc) is 3.62. The number of nitrogens with one attached hydrogen (secondary N) is 1. The summed E-state index contributed by atoms with van der Waals surface area (Å²) in [5, 5.41) is 14.3. The molecule has 1 amide bonds. The summed E-state index contributed by atoms with van der Waals surface area (Å²) < 4.78 is 50.8. The van der Waals surface area contributed by atoms with Crippen LogP contribution in [0.2, 0.25) is 0 Å². The van der Waals surface area contributed by atoms with Crippen molar-refractivity contribution in [2.24, 2.45) is 17.8 Å². The smallest absolute Gasteiger partial charge is 0.308 e. The van der Waals surface area contributed by atoms with Gasteiger partial charge in [-0.3, -0.25) is 14.5 Å². The van der Waals surface area contributed by atoms with Crippen LogP contribution in [0.1, 0.15) is 67.0 Å². The first-order valence-electron chi connectivity index (χ1n) is 16.2. The van der Waals surface area contributed by atoms with Gasteiger partial charge in [-0.2, -0.15) is 0 Å². The van der Waals surface area contributed by atoms with Crippen LogP contribution in [0.15, 0.2) is 18.6 Å². The van der Waals surface area contributed by atoms with Crippen LogP contribution in [0.25, 0.3) is 11.0 Å².